The van der Waals surface area contributed by atoms with E-state index in [0.29, 0.717) is 13.2 Å². The van der Waals surface area contributed by atoms with Gasteiger partial charge in [-0.3, -0.25) is 4.79 Å². The summed E-state index contributed by atoms with van der Waals surface area (Å²) in [5, 5.41) is 3.05. The first kappa shape index (κ1) is 12.7. The highest BCUT2D eigenvalue weighted by molar-refractivity contribution is 5.79. The number of amides is 1. The van der Waals surface area contributed by atoms with Crippen LogP contribution in [0.3, 0.4) is 0 Å². The molecule has 1 amide bonds. The Kier molecular flexibility index (Phi) is 4.95. The Morgan fingerprint density at radius 1 is 1.50 bits per heavy atom. The van der Waals surface area contributed by atoms with E-state index in [9.17, 15) is 4.79 Å². The minimum atomic E-state index is -0.340. The largest absolute Gasteiger partial charge is 0.380 e. The van der Waals surface area contributed by atoms with Gasteiger partial charge in [0.15, 0.2) is 0 Å². The molecule has 0 aliphatic rings. The van der Waals surface area contributed by atoms with Crippen molar-refractivity contribution in [1.82, 2.24) is 5.32 Å². The van der Waals surface area contributed by atoms with Crippen molar-refractivity contribution in [2.24, 2.45) is 5.73 Å². The number of ether oxygens (including phenoxy) is 1. The van der Waals surface area contributed by atoms with Crippen molar-refractivity contribution < 1.29 is 9.53 Å². The zero-order valence-corrected chi connectivity index (χ0v) is 9.69. The van der Waals surface area contributed by atoms with E-state index in [2.05, 4.69) is 5.32 Å². The van der Waals surface area contributed by atoms with Gasteiger partial charge in [0, 0.05) is 13.7 Å². The first-order chi connectivity index (χ1) is 7.63. The standard InChI is InChI=1S/C12H18N2O2/c1-9(12(13)15)14-7-10-4-3-5-11(6-10)8-16-2/h3-6,9,14H,7-8H2,1-2H3,(H2,13,15). The molecule has 88 valence electrons. The molecule has 0 aliphatic carbocycles. The lowest BCUT2D eigenvalue weighted by Gasteiger charge is -2.10. The van der Waals surface area contributed by atoms with E-state index in [1.165, 1.54) is 0 Å². The summed E-state index contributed by atoms with van der Waals surface area (Å²) in [4.78, 5) is 10.8. The monoisotopic (exact) mass is 222 g/mol. The van der Waals surface area contributed by atoms with E-state index in [0.717, 1.165) is 11.1 Å². The lowest BCUT2D eigenvalue weighted by Crippen LogP contribution is -2.38. The predicted molar refractivity (Wildman–Crippen MR) is 62.7 cm³/mol. The molecule has 0 heterocycles. The fourth-order valence-corrected chi connectivity index (χ4v) is 1.37. The van der Waals surface area contributed by atoms with Gasteiger partial charge in [-0.15, -0.1) is 0 Å². The van der Waals surface area contributed by atoms with Crippen molar-refractivity contribution in [2.75, 3.05) is 7.11 Å². The zero-order chi connectivity index (χ0) is 12.0. The van der Waals surface area contributed by atoms with E-state index < -0.39 is 0 Å². The number of carbonyl (C=O) groups excluding carboxylic acids is 1. The minimum Gasteiger partial charge on any atom is -0.380 e. The number of carbonyl (C=O) groups is 1. The summed E-state index contributed by atoms with van der Waals surface area (Å²) in [5.41, 5.74) is 7.39. The van der Waals surface area contributed by atoms with Gasteiger partial charge in [-0.05, 0) is 18.1 Å². The molecule has 1 aromatic rings. The first-order valence-corrected chi connectivity index (χ1v) is 5.23. The van der Waals surface area contributed by atoms with Crippen LogP contribution < -0.4 is 11.1 Å². The third-order valence-electron chi connectivity index (χ3n) is 2.34. The normalized spacial score (nSPS) is 12.4. The van der Waals surface area contributed by atoms with E-state index in [4.69, 9.17) is 10.5 Å². The molecule has 0 fully saturated rings. The van der Waals surface area contributed by atoms with Crippen LogP contribution in [0.1, 0.15) is 18.1 Å². The molecule has 1 unspecified atom stereocenters. The smallest absolute Gasteiger partial charge is 0.234 e. The number of rotatable bonds is 6. The van der Waals surface area contributed by atoms with Crippen molar-refractivity contribution in [3.63, 3.8) is 0 Å². The molecule has 0 radical (unpaired) electrons. The number of hydrogen-bond acceptors (Lipinski definition) is 3. The molecule has 0 saturated heterocycles. The molecule has 0 spiro atoms. The van der Waals surface area contributed by atoms with Gasteiger partial charge in [0.2, 0.25) is 5.91 Å². The van der Waals surface area contributed by atoms with E-state index in [1.54, 1.807) is 14.0 Å². The maximum absolute atomic E-state index is 10.8. The summed E-state index contributed by atoms with van der Waals surface area (Å²) < 4.78 is 5.05. The summed E-state index contributed by atoms with van der Waals surface area (Å²) in [6.45, 7) is 2.97. The van der Waals surface area contributed by atoms with Crippen LogP contribution in [0.2, 0.25) is 0 Å². The van der Waals surface area contributed by atoms with Gasteiger partial charge in [-0.1, -0.05) is 24.3 Å². The quantitative estimate of drug-likeness (QED) is 0.748. The van der Waals surface area contributed by atoms with Crippen LogP contribution in [-0.2, 0) is 22.7 Å². The van der Waals surface area contributed by atoms with Crippen molar-refractivity contribution in [2.45, 2.75) is 26.1 Å². The van der Waals surface area contributed by atoms with Crippen LogP contribution in [0.15, 0.2) is 24.3 Å². The maximum Gasteiger partial charge on any atom is 0.234 e. The number of nitrogens with two attached hydrogens (primary N) is 1. The minimum absolute atomic E-state index is 0.314. The third kappa shape index (κ3) is 4.00. The van der Waals surface area contributed by atoms with Gasteiger partial charge < -0.3 is 15.8 Å². The number of primary amides is 1. The Labute approximate surface area is 95.8 Å². The van der Waals surface area contributed by atoms with Crippen molar-refractivity contribution >= 4 is 5.91 Å². The number of methoxy groups -OCH3 is 1. The molecule has 0 aromatic heterocycles. The van der Waals surface area contributed by atoms with Crippen LogP contribution in [0.4, 0.5) is 0 Å². The lowest BCUT2D eigenvalue weighted by molar-refractivity contribution is -0.119. The van der Waals surface area contributed by atoms with Crippen molar-refractivity contribution in [3.8, 4) is 0 Å². The van der Waals surface area contributed by atoms with Crippen LogP contribution in [0, 0.1) is 0 Å². The average molecular weight is 222 g/mol. The molecule has 4 heteroatoms. The second-order valence-electron chi connectivity index (χ2n) is 3.76. The summed E-state index contributed by atoms with van der Waals surface area (Å²) in [5.74, 6) is -0.340. The van der Waals surface area contributed by atoms with Gasteiger partial charge in [0.25, 0.3) is 0 Å². The highest BCUT2D eigenvalue weighted by Crippen LogP contribution is 2.06. The predicted octanol–water partition coefficient (Wildman–Crippen LogP) is 0.796. The number of nitrogens with one attached hydrogen (secondary N) is 1. The van der Waals surface area contributed by atoms with Crippen molar-refractivity contribution in [3.05, 3.63) is 35.4 Å². The summed E-state index contributed by atoms with van der Waals surface area (Å²) in [7, 11) is 1.67. The Balaban J connectivity index is 2.53. The fourth-order valence-electron chi connectivity index (χ4n) is 1.37. The molecule has 1 atom stereocenters. The van der Waals surface area contributed by atoms with Gasteiger partial charge >= 0.3 is 0 Å². The second-order valence-corrected chi connectivity index (χ2v) is 3.76. The number of hydrogen-bond donors (Lipinski definition) is 2. The molecular formula is C12H18N2O2. The van der Waals surface area contributed by atoms with Gasteiger partial charge in [0.1, 0.15) is 0 Å². The SMILES string of the molecule is COCc1cccc(CNC(C)C(N)=O)c1. The molecule has 1 aromatic carbocycles. The molecule has 0 bridgehead atoms. The third-order valence-corrected chi connectivity index (χ3v) is 2.34. The highest BCUT2D eigenvalue weighted by Gasteiger charge is 2.06. The van der Waals surface area contributed by atoms with Crippen molar-refractivity contribution in [1.29, 1.82) is 0 Å². The molecule has 0 saturated carbocycles. The average Bonchev–Trinajstić information content (AvgIpc) is 2.26. The van der Waals surface area contributed by atoms with Gasteiger partial charge in [-0.2, -0.15) is 0 Å². The van der Waals surface area contributed by atoms with Crippen LogP contribution in [-0.4, -0.2) is 19.1 Å². The molecule has 4 nitrogen and oxygen atoms in total. The summed E-state index contributed by atoms with van der Waals surface area (Å²) in [6.07, 6.45) is 0. The molecule has 3 N–H and O–H groups in total. The fraction of sp³-hybridized carbons (Fsp3) is 0.417. The molecule has 0 aliphatic heterocycles. The van der Waals surface area contributed by atoms with Crippen LogP contribution in [0.5, 0.6) is 0 Å². The highest BCUT2D eigenvalue weighted by atomic mass is 16.5. The topological polar surface area (TPSA) is 64.3 Å². The van der Waals surface area contributed by atoms with Crippen LogP contribution in [0.25, 0.3) is 0 Å². The van der Waals surface area contributed by atoms with Gasteiger partial charge in [0.05, 0.1) is 12.6 Å². The summed E-state index contributed by atoms with van der Waals surface area (Å²) in [6, 6.07) is 7.71. The number of benzene rings is 1. The van der Waals surface area contributed by atoms with Gasteiger partial charge in [-0.25, -0.2) is 0 Å². The zero-order valence-electron chi connectivity index (χ0n) is 9.69. The Bertz CT molecular complexity index is 353. The maximum atomic E-state index is 10.8. The van der Waals surface area contributed by atoms with E-state index in [-0.39, 0.29) is 11.9 Å². The van der Waals surface area contributed by atoms with Crippen LogP contribution >= 0.6 is 0 Å². The van der Waals surface area contributed by atoms with E-state index >= 15 is 0 Å². The Morgan fingerprint density at radius 2 is 2.19 bits per heavy atom. The second kappa shape index (κ2) is 6.25. The molecular weight excluding hydrogens is 204 g/mol. The summed E-state index contributed by atoms with van der Waals surface area (Å²) >= 11 is 0. The Morgan fingerprint density at radius 3 is 2.81 bits per heavy atom. The first-order valence-electron chi connectivity index (χ1n) is 5.23. The lowest BCUT2D eigenvalue weighted by atomic mass is 10.1. The Hall–Kier alpha value is -1.39. The molecule has 1 rings (SSSR count). The van der Waals surface area contributed by atoms with E-state index in [1.807, 2.05) is 24.3 Å². The molecule has 16 heavy (non-hydrogen) atoms.